The van der Waals surface area contributed by atoms with E-state index < -0.39 is 30.2 Å². The standard InChI is InChI=1S/C23H18F3N5O3/c1-11-16(21-29-18-14(33-2)4-3-5-15(18)34-21)22(32)31-20(28-11)17(19(30-31)23(24,25)26)13-8-6-12(10-27)7-9-13/h3-9,17,19-20,28,30H,1-2H3. The molecule has 1 fully saturated rings. The number of nitriles is 1. The van der Waals surface area contributed by atoms with Crippen molar-refractivity contribution < 1.29 is 27.1 Å². The zero-order valence-corrected chi connectivity index (χ0v) is 18.0. The number of fused-ring (bicyclic) bond motifs is 2. The molecular weight excluding hydrogens is 451 g/mol. The number of ether oxygens (including phenoxy) is 1. The zero-order valence-electron chi connectivity index (χ0n) is 18.0. The SMILES string of the molecule is COc1cccc2oc(C3=C(C)NC4C(c5ccc(C#N)cc5)C(C(F)(F)F)NN4C3=O)nc12. The van der Waals surface area contributed by atoms with Crippen LogP contribution in [0.5, 0.6) is 5.75 Å². The first-order valence-corrected chi connectivity index (χ1v) is 10.3. The van der Waals surface area contributed by atoms with Gasteiger partial charge in [-0.1, -0.05) is 18.2 Å². The Morgan fingerprint density at radius 2 is 1.94 bits per heavy atom. The van der Waals surface area contributed by atoms with Gasteiger partial charge >= 0.3 is 6.18 Å². The first-order valence-electron chi connectivity index (χ1n) is 10.3. The lowest BCUT2D eigenvalue weighted by atomic mass is 9.88. The summed E-state index contributed by atoms with van der Waals surface area (Å²) in [5, 5.41) is 13.0. The number of alkyl halides is 3. The Hall–Kier alpha value is -4.04. The average molecular weight is 469 g/mol. The second kappa shape index (κ2) is 7.78. The van der Waals surface area contributed by atoms with Gasteiger partial charge in [0.15, 0.2) is 11.1 Å². The number of allylic oxidation sites excluding steroid dienone is 1. The number of rotatable bonds is 3. The molecule has 5 rings (SSSR count). The minimum Gasteiger partial charge on any atom is -0.494 e. The van der Waals surface area contributed by atoms with E-state index in [0.29, 0.717) is 33.7 Å². The van der Waals surface area contributed by atoms with E-state index >= 15 is 0 Å². The van der Waals surface area contributed by atoms with Crippen LogP contribution >= 0.6 is 0 Å². The van der Waals surface area contributed by atoms with Gasteiger partial charge in [0.2, 0.25) is 5.89 Å². The second-order valence-corrected chi connectivity index (χ2v) is 8.00. The van der Waals surface area contributed by atoms with Crippen LogP contribution in [0.15, 0.2) is 52.6 Å². The summed E-state index contributed by atoms with van der Waals surface area (Å²) in [4.78, 5) is 17.8. The molecule has 11 heteroatoms. The lowest BCUT2D eigenvalue weighted by Crippen LogP contribution is -2.54. The van der Waals surface area contributed by atoms with E-state index in [4.69, 9.17) is 14.4 Å². The molecule has 2 aliphatic rings. The average Bonchev–Trinajstić information content (AvgIpc) is 3.41. The van der Waals surface area contributed by atoms with Gasteiger partial charge in [-0.05, 0) is 36.8 Å². The molecule has 34 heavy (non-hydrogen) atoms. The third-order valence-electron chi connectivity index (χ3n) is 6.02. The summed E-state index contributed by atoms with van der Waals surface area (Å²) in [7, 11) is 1.47. The Bertz CT molecular complexity index is 1360. The van der Waals surface area contributed by atoms with Crippen LogP contribution in [0.2, 0.25) is 0 Å². The number of nitrogens with zero attached hydrogens (tertiary/aromatic N) is 3. The van der Waals surface area contributed by atoms with Crippen LogP contribution in [0.1, 0.15) is 29.9 Å². The Morgan fingerprint density at radius 3 is 2.59 bits per heavy atom. The molecule has 0 bridgehead atoms. The van der Waals surface area contributed by atoms with Gasteiger partial charge in [0.05, 0.1) is 24.7 Å². The predicted molar refractivity (Wildman–Crippen MR) is 114 cm³/mol. The lowest BCUT2D eigenvalue weighted by molar-refractivity contribution is -0.161. The van der Waals surface area contributed by atoms with Crippen molar-refractivity contribution in [1.82, 2.24) is 20.7 Å². The highest BCUT2D eigenvalue weighted by Gasteiger charge is 2.58. The van der Waals surface area contributed by atoms with Crippen LogP contribution in [0.25, 0.3) is 16.7 Å². The summed E-state index contributed by atoms with van der Waals surface area (Å²) >= 11 is 0. The largest absolute Gasteiger partial charge is 0.494 e. The summed E-state index contributed by atoms with van der Waals surface area (Å²) in [5.41, 5.74) is 4.13. The first-order chi connectivity index (χ1) is 16.2. The highest BCUT2D eigenvalue weighted by Crippen LogP contribution is 2.43. The number of amides is 1. The zero-order chi connectivity index (χ0) is 24.2. The van der Waals surface area contributed by atoms with Crippen molar-refractivity contribution >= 4 is 22.6 Å². The predicted octanol–water partition coefficient (Wildman–Crippen LogP) is 3.43. The number of aromatic nitrogens is 1. The minimum atomic E-state index is -4.64. The number of halogens is 3. The molecular formula is C23H18F3N5O3. The van der Waals surface area contributed by atoms with Crippen molar-refractivity contribution in [3.05, 3.63) is 65.2 Å². The van der Waals surface area contributed by atoms with Gasteiger partial charge < -0.3 is 14.5 Å². The lowest BCUT2D eigenvalue weighted by Gasteiger charge is -2.34. The van der Waals surface area contributed by atoms with E-state index in [1.54, 1.807) is 25.1 Å². The summed E-state index contributed by atoms with van der Waals surface area (Å²) < 4.78 is 53.1. The van der Waals surface area contributed by atoms with E-state index in [2.05, 4.69) is 15.7 Å². The molecule has 2 aromatic carbocycles. The first kappa shape index (κ1) is 21.8. The van der Waals surface area contributed by atoms with Crippen molar-refractivity contribution in [3.63, 3.8) is 0 Å². The van der Waals surface area contributed by atoms with E-state index in [9.17, 15) is 18.0 Å². The highest BCUT2D eigenvalue weighted by molar-refractivity contribution is 6.20. The van der Waals surface area contributed by atoms with Crippen LogP contribution in [0.3, 0.4) is 0 Å². The molecule has 3 atom stereocenters. The van der Waals surface area contributed by atoms with Gasteiger partial charge in [-0.3, -0.25) is 4.79 Å². The number of hydrogen-bond donors (Lipinski definition) is 2. The van der Waals surface area contributed by atoms with Gasteiger partial charge in [0, 0.05) is 5.70 Å². The van der Waals surface area contributed by atoms with Crippen molar-refractivity contribution in [2.75, 3.05) is 7.11 Å². The van der Waals surface area contributed by atoms with Crippen molar-refractivity contribution in [1.29, 1.82) is 5.26 Å². The Kier molecular flexibility index (Phi) is 4.98. The van der Waals surface area contributed by atoms with Crippen molar-refractivity contribution in [3.8, 4) is 11.8 Å². The molecule has 174 valence electrons. The van der Waals surface area contributed by atoms with Gasteiger partial charge in [0.1, 0.15) is 23.5 Å². The number of oxazole rings is 1. The van der Waals surface area contributed by atoms with Crippen LogP contribution in [0, 0.1) is 11.3 Å². The van der Waals surface area contributed by atoms with E-state index in [-0.39, 0.29) is 11.5 Å². The van der Waals surface area contributed by atoms with Crippen LogP contribution in [-0.4, -0.2) is 41.4 Å². The molecule has 1 saturated heterocycles. The minimum absolute atomic E-state index is 0.0170. The molecule has 0 aliphatic carbocycles. The van der Waals surface area contributed by atoms with Crippen LogP contribution < -0.4 is 15.5 Å². The van der Waals surface area contributed by atoms with E-state index in [1.807, 2.05) is 6.07 Å². The van der Waals surface area contributed by atoms with E-state index in [1.165, 1.54) is 31.4 Å². The van der Waals surface area contributed by atoms with Crippen molar-refractivity contribution in [2.45, 2.75) is 31.2 Å². The van der Waals surface area contributed by atoms with Crippen LogP contribution in [-0.2, 0) is 4.79 Å². The third-order valence-corrected chi connectivity index (χ3v) is 6.02. The van der Waals surface area contributed by atoms with E-state index in [0.717, 1.165) is 5.01 Å². The molecule has 1 aromatic heterocycles. The summed E-state index contributed by atoms with van der Waals surface area (Å²) in [6, 6.07) is 10.8. The number of para-hydroxylation sites is 1. The number of benzene rings is 2. The fraction of sp³-hybridized carbons (Fsp3) is 0.261. The Morgan fingerprint density at radius 1 is 1.21 bits per heavy atom. The fourth-order valence-corrected chi connectivity index (χ4v) is 4.45. The number of nitrogens with one attached hydrogen (secondary N) is 2. The second-order valence-electron chi connectivity index (χ2n) is 8.00. The van der Waals surface area contributed by atoms with Gasteiger partial charge in [-0.2, -0.15) is 18.4 Å². The Labute approximate surface area is 191 Å². The molecule has 3 heterocycles. The molecule has 0 saturated carbocycles. The molecule has 8 nitrogen and oxygen atoms in total. The van der Waals surface area contributed by atoms with Crippen LogP contribution in [0.4, 0.5) is 13.2 Å². The summed E-state index contributed by atoms with van der Waals surface area (Å²) in [6.07, 6.45) is -5.66. The number of carbonyl (C=O) groups is 1. The number of carbonyl (C=O) groups excluding carboxylic acids is 1. The summed E-state index contributed by atoms with van der Waals surface area (Å²) in [6.45, 7) is 1.59. The Balaban J connectivity index is 1.57. The molecule has 3 aromatic rings. The highest BCUT2D eigenvalue weighted by atomic mass is 19.4. The maximum Gasteiger partial charge on any atom is 0.406 e. The molecule has 2 aliphatic heterocycles. The van der Waals surface area contributed by atoms with Gasteiger partial charge in [-0.25, -0.2) is 15.4 Å². The number of hydrogen-bond acceptors (Lipinski definition) is 7. The fourth-order valence-electron chi connectivity index (χ4n) is 4.45. The molecule has 2 N–H and O–H groups in total. The molecule has 3 unspecified atom stereocenters. The molecule has 1 amide bonds. The third kappa shape index (κ3) is 3.34. The normalized spacial score (nSPS) is 22.5. The maximum atomic E-state index is 14.0. The number of hydrazine groups is 1. The quantitative estimate of drug-likeness (QED) is 0.606. The number of methoxy groups -OCH3 is 1. The van der Waals surface area contributed by atoms with Gasteiger partial charge in [0.25, 0.3) is 5.91 Å². The smallest absolute Gasteiger partial charge is 0.406 e. The van der Waals surface area contributed by atoms with Gasteiger partial charge in [-0.15, -0.1) is 0 Å². The monoisotopic (exact) mass is 469 g/mol. The molecule has 0 radical (unpaired) electrons. The maximum absolute atomic E-state index is 14.0. The summed E-state index contributed by atoms with van der Waals surface area (Å²) in [5.74, 6) is -1.44. The topological polar surface area (TPSA) is 103 Å². The van der Waals surface area contributed by atoms with Crippen molar-refractivity contribution in [2.24, 2.45) is 0 Å². The molecule has 0 spiro atoms.